The molecule has 1 heterocycles. The van der Waals surface area contributed by atoms with Gasteiger partial charge in [-0.25, -0.2) is 4.98 Å². The van der Waals surface area contributed by atoms with Crippen molar-refractivity contribution < 1.29 is 4.74 Å². The second kappa shape index (κ2) is 7.34. The highest BCUT2D eigenvalue weighted by molar-refractivity contribution is 7.99. The van der Waals surface area contributed by atoms with Crippen LogP contribution in [0.4, 0.5) is 0 Å². The topological polar surface area (TPSA) is 34.2 Å². The first kappa shape index (κ1) is 15.8. The fraction of sp³-hybridized carbons (Fsp3) is 0.615. The van der Waals surface area contributed by atoms with E-state index in [4.69, 9.17) is 16.3 Å². The lowest BCUT2D eigenvalue weighted by Gasteiger charge is -2.33. The highest BCUT2D eigenvalue weighted by Crippen LogP contribution is 2.23. The van der Waals surface area contributed by atoms with Crippen molar-refractivity contribution in [3.05, 3.63) is 23.4 Å². The largest absolute Gasteiger partial charge is 0.377 e. The Morgan fingerprint density at radius 3 is 2.72 bits per heavy atom. The number of likely N-dealkylation sites (N-methyl/N-ethyl adjacent to an activating group) is 1. The fourth-order valence-electron chi connectivity index (χ4n) is 1.51. The van der Waals surface area contributed by atoms with Gasteiger partial charge in [-0.1, -0.05) is 18.5 Å². The lowest BCUT2D eigenvalue weighted by molar-refractivity contribution is -0.00310. The van der Waals surface area contributed by atoms with E-state index in [-0.39, 0.29) is 11.6 Å². The zero-order valence-electron chi connectivity index (χ0n) is 11.4. The number of rotatable bonds is 7. The molecule has 1 rings (SSSR count). The molecule has 0 amide bonds. The van der Waals surface area contributed by atoms with Crippen molar-refractivity contribution in [1.29, 1.82) is 0 Å². The standard InChI is InChI=1S/C13H21ClN2OS/c1-5-15-11(13(2,3)17-4)9-18-12-7-6-10(14)8-16-12/h6-8,11,15H,5,9H2,1-4H3. The van der Waals surface area contributed by atoms with Gasteiger partial charge in [-0.3, -0.25) is 0 Å². The van der Waals surface area contributed by atoms with E-state index in [1.165, 1.54) is 0 Å². The second-order valence-corrected chi connectivity index (χ2v) is 6.02. The molecule has 1 N–H and O–H groups in total. The van der Waals surface area contributed by atoms with E-state index in [1.54, 1.807) is 25.1 Å². The number of halogens is 1. The highest BCUT2D eigenvalue weighted by Gasteiger charge is 2.28. The molecule has 0 aliphatic carbocycles. The van der Waals surface area contributed by atoms with E-state index in [0.717, 1.165) is 17.3 Å². The maximum atomic E-state index is 5.82. The number of methoxy groups -OCH3 is 1. The van der Waals surface area contributed by atoms with Crippen LogP contribution in [-0.2, 0) is 4.74 Å². The molecule has 0 aliphatic rings. The summed E-state index contributed by atoms with van der Waals surface area (Å²) in [6.45, 7) is 7.21. The molecule has 0 saturated heterocycles. The predicted molar refractivity (Wildman–Crippen MR) is 78.5 cm³/mol. The Hall–Kier alpha value is -0.290. The fourth-order valence-corrected chi connectivity index (χ4v) is 2.77. The number of thioether (sulfide) groups is 1. The molecule has 1 aromatic heterocycles. The highest BCUT2D eigenvalue weighted by atomic mass is 35.5. The maximum absolute atomic E-state index is 5.82. The van der Waals surface area contributed by atoms with Crippen LogP contribution in [0, 0.1) is 0 Å². The second-order valence-electron chi connectivity index (χ2n) is 4.54. The van der Waals surface area contributed by atoms with Crippen LogP contribution in [-0.4, -0.2) is 36.0 Å². The van der Waals surface area contributed by atoms with Crippen LogP contribution in [0.15, 0.2) is 23.4 Å². The minimum absolute atomic E-state index is 0.199. The van der Waals surface area contributed by atoms with Gasteiger partial charge in [0.25, 0.3) is 0 Å². The number of nitrogens with zero attached hydrogens (tertiary/aromatic N) is 1. The van der Waals surface area contributed by atoms with Crippen LogP contribution in [0.1, 0.15) is 20.8 Å². The monoisotopic (exact) mass is 288 g/mol. The van der Waals surface area contributed by atoms with Gasteiger partial charge in [0.15, 0.2) is 0 Å². The summed E-state index contributed by atoms with van der Waals surface area (Å²) < 4.78 is 5.54. The number of aromatic nitrogens is 1. The van der Waals surface area contributed by atoms with Gasteiger partial charge >= 0.3 is 0 Å². The van der Waals surface area contributed by atoms with Crippen LogP contribution in [0.25, 0.3) is 0 Å². The van der Waals surface area contributed by atoms with E-state index in [2.05, 4.69) is 31.1 Å². The Bertz CT molecular complexity index is 357. The molecule has 1 unspecified atom stereocenters. The smallest absolute Gasteiger partial charge is 0.0961 e. The number of nitrogens with one attached hydrogen (secondary N) is 1. The number of ether oxygens (including phenoxy) is 1. The first-order valence-corrected chi connectivity index (χ1v) is 7.39. The van der Waals surface area contributed by atoms with Crippen molar-refractivity contribution >= 4 is 23.4 Å². The van der Waals surface area contributed by atoms with Gasteiger partial charge in [0.05, 0.1) is 15.6 Å². The Morgan fingerprint density at radius 2 is 2.22 bits per heavy atom. The molecule has 0 bridgehead atoms. The first-order chi connectivity index (χ1) is 8.49. The summed E-state index contributed by atoms with van der Waals surface area (Å²) in [5, 5.41) is 5.10. The molecule has 5 heteroatoms. The van der Waals surface area contributed by atoms with Crippen LogP contribution in [0.2, 0.25) is 5.02 Å². The Kier molecular flexibility index (Phi) is 6.43. The number of hydrogen-bond donors (Lipinski definition) is 1. The molecule has 0 aromatic carbocycles. The lowest BCUT2D eigenvalue weighted by Crippen LogP contribution is -2.49. The molecule has 1 atom stereocenters. The molecule has 0 spiro atoms. The molecular weight excluding hydrogens is 268 g/mol. The van der Waals surface area contributed by atoms with Crippen molar-refractivity contribution in [2.75, 3.05) is 19.4 Å². The number of hydrogen-bond acceptors (Lipinski definition) is 4. The van der Waals surface area contributed by atoms with Crippen molar-refractivity contribution in [3.8, 4) is 0 Å². The minimum atomic E-state index is -0.199. The van der Waals surface area contributed by atoms with Gasteiger partial charge in [-0.05, 0) is 32.5 Å². The van der Waals surface area contributed by atoms with Gasteiger partial charge in [0.1, 0.15) is 0 Å². The summed E-state index contributed by atoms with van der Waals surface area (Å²) >= 11 is 7.52. The van der Waals surface area contributed by atoms with Gasteiger partial charge in [-0.15, -0.1) is 11.8 Å². The molecule has 0 fully saturated rings. The molecule has 1 aromatic rings. The Labute approximate surface area is 119 Å². The zero-order chi connectivity index (χ0) is 13.6. The quantitative estimate of drug-likeness (QED) is 0.781. The molecular formula is C13H21ClN2OS. The van der Waals surface area contributed by atoms with Crippen LogP contribution in [0.5, 0.6) is 0 Å². The molecule has 18 heavy (non-hydrogen) atoms. The lowest BCUT2D eigenvalue weighted by atomic mass is 10.0. The Morgan fingerprint density at radius 1 is 1.50 bits per heavy atom. The molecule has 3 nitrogen and oxygen atoms in total. The van der Waals surface area contributed by atoms with E-state index < -0.39 is 0 Å². The van der Waals surface area contributed by atoms with E-state index >= 15 is 0 Å². The molecule has 0 aliphatic heterocycles. The molecule has 0 saturated carbocycles. The van der Waals surface area contributed by atoms with Crippen molar-refractivity contribution in [3.63, 3.8) is 0 Å². The summed E-state index contributed by atoms with van der Waals surface area (Å²) in [5.74, 6) is 0.906. The van der Waals surface area contributed by atoms with Crippen LogP contribution < -0.4 is 5.32 Å². The summed E-state index contributed by atoms with van der Waals surface area (Å²) in [6, 6.07) is 4.08. The van der Waals surface area contributed by atoms with Gasteiger partial charge in [0.2, 0.25) is 0 Å². The first-order valence-electron chi connectivity index (χ1n) is 6.02. The summed E-state index contributed by atoms with van der Waals surface area (Å²) in [5.41, 5.74) is -0.199. The average Bonchev–Trinajstić information content (AvgIpc) is 2.36. The predicted octanol–water partition coefficient (Wildman–Crippen LogP) is 3.23. The van der Waals surface area contributed by atoms with Crippen LogP contribution >= 0.6 is 23.4 Å². The molecule has 102 valence electrons. The Balaban J connectivity index is 2.59. The van der Waals surface area contributed by atoms with Gasteiger partial charge < -0.3 is 10.1 Å². The summed E-state index contributed by atoms with van der Waals surface area (Å²) in [7, 11) is 1.75. The third kappa shape index (κ3) is 4.76. The molecule has 0 radical (unpaired) electrons. The third-order valence-corrected chi connectivity index (χ3v) is 4.17. The number of pyridine rings is 1. The normalized spacial score (nSPS) is 13.6. The average molecular weight is 289 g/mol. The minimum Gasteiger partial charge on any atom is -0.377 e. The summed E-state index contributed by atoms with van der Waals surface area (Å²) in [4.78, 5) is 4.28. The zero-order valence-corrected chi connectivity index (χ0v) is 12.9. The van der Waals surface area contributed by atoms with Crippen molar-refractivity contribution in [1.82, 2.24) is 10.3 Å². The van der Waals surface area contributed by atoms with E-state index in [9.17, 15) is 0 Å². The van der Waals surface area contributed by atoms with Crippen LogP contribution in [0.3, 0.4) is 0 Å². The van der Waals surface area contributed by atoms with E-state index in [1.807, 2.05) is 12.1 Å². The third-order valence-electron chi connectivity index (χ3n) is 2.91. The van der Waals surface area contributed by atoms with Crippen molar-refractivity contribution in [2.45, 2.75) is 37.4 Å². The van der Waals surface area contributed by atoms with Crippen molar-refractivity contribution in [2.24, 2.45) is 0 Å². The van der Waals surface area contributed by atoms with E-state index in [0.29, 0.717) is 5.02 Å². The van der Waals surface area contributed by atoms with Gasteiger partial charge in [-0.2, -0.15) is 0 Å². The summed E-state index contributed by atoms with van der Waals surface area (Å²) in [6.07, 6.45) is 1.67. The maximum Gasteiger partial charge on any atom is 0.0961 e. The van der Waals surface area contributed by atoms with Gasteiger partial charge in [0, 0.05) is 25.1 Å². The SMILES string of the molecule is CCNC(CSc1ccc(Cl)cn1)C(C)(C)OC.